The molecular formula is C35H45N7O3. The van der Waals surface area contributed by atoms with Crippen molar-refractivity contribution in [2.24, 2.45) is 5.92 Å². The van der Waals surface area contributed by atoms with E-state index in [1.54, 1.807) is 37.0 Å². The highest BCUT2D eigenvalue weighted by atomic mass is 16.2. The molecule has 238 valence electrons. The lowest BCUT2D eigenvalue weighted by Gasteiger charge is -2.37. The summed E-state index contributed by atoms with van der Waals surface area (Å²) < 4.78 is 0. The number of hydrazine groups is 1. The Morgan fingerprint density at radius 1 is 1.02 bits per heavy atom. The molecule has 3 unspecified atom stereocenters. The van der Waals surface area contributed by atoms with Gasteiger partial charge in [0.1, 0.15) is 11.5 Å². The molecule has 10 nitrogen and oxygen atoms in total. The molecule has 2 aliphatic carbocycles. The Morgan fingerprint density at radius 2 is 1.64 bits per heavy atom. The number of rotatable bonds is 10. The van der Waals surface area contributed by atoms with Gasteiger partial charge in [-0.2, -0.15) is 5.26 Å². The number of likely N-dealkylation sites (tertiary alicyclic amines) is 1. The van der Waals surface area contributed by atoms with Gasteiger partial charge in [0.05, 0.1) is 12.6 Å². The summed E-state index contributed by atoms with van der Waals surface area (Å²) in [6, 6.07) is 13.7. The quantitative estimate of drug-likeness (QED) is 0.353. The first-order chi connectivity index (χ1) is 21.4. The van der Waals surface area contributed by atoms with E-state index in [2.05, 4.69) is 34.9 Å². The largest absolute Gasteiger partial charge is 0.378 e. The molecule has 1 heterocycles. The van der Waals surface area contributed by atoms with Crippen LogP contribution in [0.25, 0.3) is 5.70 Å². The number of aryl methyl sites for hydroxylation is 2. The highest BCUT2D eigenvalue weighted by Crippen LogP contribution is 2.48. The van der Waals surface area contributed by atoms with Gasteiger partial charge in [0.15, 0.2) is 0 Å². The molecule has 45 heavy (non-hydrogen) atoms. The van der Waals surface area contributed by atoms with Gasteiger partial charge in [-0.25, -0.2) is 5.43 Å². The van der Waals surface area contributed by atoms with Crippen LogP contribution in [0.4, 0.5) is 0 Å². The van der Waals surface area contributed by atoms with Crippen molar-refractivity contribution in [3.63, 3.8) is 0 Å². The summed E-state index contributed by atoms with van der Waals surface area (Å²) in [7, 11) is 9.03. The van der Waals surface area contributed by atoms with Gasteiger partial charge in [-0.1, -0.05) is 24.8 Å². The lowest BCUT2D eigenvalue weighted by molar-refractivity contribution is -0.131. The number of piperidine rings is 1. The second kappa shape index (κ2) is 12.7. The lowest BCUT2D eigenvalue weighted by Crippen LogP contribution is -2.53. The Balaban J connectivity index is 1.56. The third kappa shape index (κ3) is 5.95. The van der Waals surface area contributed by atoms with Crippen LogP contribution in [0.2, 0.25) is 0 Å². The van der Waals surface area contributed by atoms with E-state index in [0.717, 1.165) is 46.4 Å². The van der Waals surface area contributed by atoms with Crippen molar-refractivity contribution >= 4 is 23.4 Å². The maximum absolute atomic E-state index is 14.5. The minimum absolute atomic E-state index is 0.0764. The minimum atomic E-state index is -1.14. The number of carbonyl (C=O) groups excluding carboxylic acids is 3. The zero-order valence-electron chi connectivity index (χ0n) is 27.2. The fourth-order valence-corrected chi connectivity index (χ4v) is 7.27. The average molecular weight is 612 g/mol. The molecule has 0 spiro atoms. The van der Waals surface area contributed by atoms with Gasteiger partial charge < -0.3 is 20.0 Å². The van der Waals surface area contributed by atoms with Crippen molar-refractivity contribution in [3.8, 4) is 6.07 Å². The minimum Gasteiger partial charge on any atom is -0.378 e. The molecule has 3 amide bonds. The van der Waals surface area contributed by atoms with Crippen LogP contribution >= 0.6 is 0 Å². The number of nitrogens with zero attached hydrogens (tertiary/aromatic N) is 4. The third-order valence-electron chi connectivity index (χ3n) is 9.70. The normalized spacial score (nSPS) is 23.4. The molecule has 3 N–H and O–H groups in total. The molecule has 2 fully saturated rings. The topological polar surface area (TPSA) is 121 Å². The van der Waals surface area contributed by atoms with Crippen molar-refractivity contribution in [2.75, 3.05) is 41.8 Å². The molecule has 3 aliphatic rings. The van der Waals surface area contributed by atoms with E-state index < -0.39 is 5.41 Å². The Morgan fingerprint density at radius 3 is 2.22 bits per heavy atom. The summed E-state index contributed by atoms with van der Waals surface area (Å²) in [5.41, 5.74) is 10.7. The van der Waals surface area contributed by atoms with E-state index in [4.69, 9.17) is 0 Å². The Bertz CT molecular complexity index is 1490. The predicted octanol–water partition coefficient (Wildman–Crippen LogP) is 2.44. The molecule has 1 saturated heterocycles. The van der Waals surface area contributed by atoms with E-state index in [9.17, 15) is 19.6 Å². The van der Waals surface area contributed by atoms with E-state index in [0.29, 0.717) is 30.7 Å². The molecule has 10 heteroatoms. The highest BCUT2D eigenvalue weighted by Gasteiger charge is 2.54. The second-order valence-electron chi connectivity index (χ2n) is 13.1. The summed E-state index contributed by atoms with van der Waals surface area (Å²) in [5.74, 6) is 0.0531. The highest BCUT2D eigenvalue weighted by molar-refractivity contribution is 5.96. The van der Waals surface area contributed by atoms with Gasteiger partial charge in [-0.05, 0) is 91.0 Å². The number of hydrogen-bond donors (Lipinski definition) is 3. The third-order valence-corrected chi connectivity index (χ3v) is 9.70. The number of nitrogens with one attached hydrogen (secondary N) is 3. The predicted molar refractivity (Wildman–Crippen MR) is 174 cm³/mol. The monoisotopic (exact) mass is 611 g/mol. The molecule has 1 saturated carbocycles. The molecule has 5 rings (SSSR count). The van der Waals surface area contributed by atoms with E-state index in [1.165, 1.54) is 0 Å². The Kier molecular flexibility index (Phi) is 9.06. The number of carbonyl (C=O) groups is 3. The van der Waals surface area contributed by atoms with Crippen LogP contribution in [0.1, 0.15) is 64.4 Å². The van der Waals surface area contributed by atoms with Gasteiger partial charge >= 0.3 is 0 Å². The van der Waals surface area contributed by atoms with Crippen LogP contribution in [-0.2, 0) is 27.8 Å². The molecular weight excluding hydrogens is 566 g/mol. The maximum Gasteiger partial charge on any atom is 0.253 e. The van der Waals surface area contributed by atoms with E-state index >= 15 is 0 Å². The fraction of sp³-hybridized carbons (Fsp3) is 0.486. The summed E-state index contributed by atoms with van der Waals surface area (Å²) >= 11 is 0. The number of benzene rings is 2. The standard InChI is InChI=1S/C35H45N7O3/c1-21(38-20-32(43)42-28(19-36)16-27-17-31(27)42)18-35(34(45)39-37-3)29-12-10-23(22(2)40(4)5)14-24(29)8-9-25-15-26(11-13-30(25)35)33(44)41(6)7/h10-15,21,27-28,31,37-38H,2,8-9,16-18,20H2,1,3-7H3,(H,39,45)/t21-,27+,28?,31?,35?/m0/s1. The van der Waals surface area contributed by atoms with Crippen molar-refractivity contribution in [3.05, 3.63) is 76.4 Å². The molecule has 0 aromatic heterocycles. The smallest absolute Gasteiger partial charge is 0.253 e. The molecule has 1 aliphatic heterocycles. The first-order valence-electron chi connectivity index (χ1n) is 15.7. The molecule has 0 radical (unpaired) electrons. The number of nitriles is 1. The molecule has 5 atom stereocenters. The van der Waals surface area contributed by atoms with Crippen molar-refractivity contribution < 1.29 is 14.4 Å². The lowest BCUT2D eigenvalue weighted by atomic mass is 9.67. The van der Waals surface area contributed by atoms with Crippen LogP contribution in [0, 0.1) is 17.2 Å². The van der Waals surface area contributed by atoms with Crippen LogP contribution in [-0.4, -0.2) is 92.3 Å². The van der Waals surface area contributed by atoms with E-state index in [-0.39, 0.29) is 42.4 Å². The summed E-state index contributed by atoms with van der Waals surface area (Å²) in [4.78, 5) is 46.0. The van der Waals surface area contributed by atoms with Crippen LogP contribution < -0.4 is 16.2 Å². The molecule has 2 aromatic rings. The number of hydrogen-bond acceptors (Lipinski definition) is 7. The van der Waals surface area contributed by atoms with Crippen LogP contribution in [0.15, 0.2) is 43.0 Å². The van der Waals surface area contributed by atoms with Gasteiger partial charge in [0.25, 0.3) is 5.91 Å². The maximum atomic E-state index is 14.5. The summed E-state index contributed by atoms with van der Waals surface area (Å²) in [6.45, 7) is 6.33. The van der Waals surface area contributed by atoms with Gasteiger partial charge in [-0.3, -0.25) is 19.8 Å². The average Bonchev–Trinajstić information content (AvgIpc) is 3.71. The van der Waals surface area contributed by atoms with Gasteiger partial charge in [0.2, 0.25) is 11.8 Å². The van der Waals surface area contributed by atoms with Gasteiger partial charge in [-0.15, -0.1) is 0 Å². The summed E-state index contributed by atoms with van der Waals surface area (Å²) in [5, 5.41) is 13.0. The number of amides is 3. The van der Waals surface area contributed by atoms with Crippen molar-refractivity contribution in [2.45, 2.75) is 62.6 Å². The second-order valence-corrected chi connectivity index (χ2v) is 13.1. The Hall–Kier alpha value is -4.20. The summed E-state index contributed by atoms with van der Waals surface area (Å²) in [6.07, 6.45) is 3.41. The van der Waals surface area contributed by atoms with Gasteiger partial charge in [0, 0.05) is 58.6 Å². The van der Waals surface area contributed by atoms with Crippen LogP contribution in [0.3, 0.4) is 0 Å². The fourth-order valence-electron chi connectivity index (χ4n) is 7.27. The zero-order valence-corrected chi connectivity index (χ0v) is 27.2. The van der Waals surface area contributed by atoms with Crippen LogP contribution in [0.5, 0.6) is 0 Å². The molecule has 2 aromatic carbocycles. The van der Waals surface area contributed by atoms with Crippen molar-refractivity contribution in [1.29, 1.82) is 5.26 Å². The van der Waals surface area contributed by atoms with E-state index in [1.807, 2.05) is 50.2 Å². The van der Waals surface area contributed by atoms with Crippen molar-refractivity contribution in [1.82, 2.24) is 30.9 Å². The number of fused-ring (bicyclic) bond motifs is 3. The molecule has 0 bridgehead atoms. The Labute approximate surface area is 266 Å². The first kappa shape index (κ1) is 32.2. The SMILES string of the molecule is C=C(c1ccc2c(c1)CCc1cc(C(=O)N(C)C)ccc1C2(C[C@H](C)NCC(=O)N1C(C#N)C[C@@H]2CC21)C(=O)NNC)N(C)C. The zero-order chi connectivity index (χ0) is 32.6. The first-order valence-corrected chi connectivity index (χ1v) is 15.7.